The molecule has 0 radical (unpaired) electrons. The van der Waals surface area contributed by atoms with Gasteiger partial charge in [0, 0.05) is 3.58 Å². The van der Waals surface area contributed by atoms with Crippen LogP contribution >= 0.6 is 22.6 Å². The Bertz CT molecular complexity index is 78.9. The topological polar surface area (TPSA) is 40.1 Å². The third-order valence-corrected chi connectivity index (χ3v) is 0.662. The zero-order valence-corrected chi connectivity index (χ0v) is 8.06. The van der Waals surface area contributed by atoms with E-state index in [4.69, 9.17) is 0 Å². The van der Waals surface area contributed by atoms with Crippen molar-refractivity contribution in [3.8, 4) is 0 Å². The van der Waals surface area contributed by atoms with Crippen LogP contribution in [0.15, 0.2) is 10.2 Å². The molecule has 0 aromatic carbocycles. The predicted octanol–water partition coefficient (Wildman–Crippen LogP) is -3.31. The molecule has 4 heteroatoms. The molecule has 0 bridgehead atoms. The SMILES string of the molecule is C=C(I)C(=O)[O-].[Na+]. The van der Waals surface area contributed by atoms with E-state index in [1.807, 2.05) is 0 Å². The monoisotopic (exact) mass is 220 g/mol. The normalized spacial score (nSPS) is 6.43. The van der Waals surface area contributed by atoms with Gasteiger partial charge in [-0.05, 0) is 22.6 Å². The average molecular weight is 220 g/mol. The summed E-state index contributed by atoms with van der Waals surface area (Å²) in [4.78, 5) is 9.48. The van der Waals surface area contributed by atoms with Gasteiger partial charge in [0.1, 0.15) is 0 Å². The Balaban J connectivity index is 0. The van der Waals surface area contributed by atoms with Crippen LogP contribution in [-0.2, 0) is 4.79 Å². The molecule has 0 fully saturated rings. The summed E-state index contributed by atoms with van der Waals surface area (Å²) in [6.07, 6.45) is 0. The molecule has 0 saturated heterocycles. The van der Waals surface area contributed by atoms with Gasteiger partial charge < -0.3 is 9.90 Å². The Morgan fingerprint density at radius 2 is 1.86 bits per heavy atom. The summed E-state index contributed by atoms with van der Waals surface area (Å²) in [5.41, 5.74) is 0. The minimum Gasteiger partial charge on any atom is -0.544 e. The van der Waals surface area contributed by atoms with Crippen LogP contribution in [0.1, 0.15) is 0 Å². The second-order valence-corrected chi connectivity index (χ2v) is 1.99. The standard InChI is InChI=1S/C3H3IO2.Na/c1-2(4)3(5)6;/h1H2,(H,5,6);/q;+1/p-1. The first-order valence-corrected chi connectivity index (χ1v) is 2.28. The molecule has 0 rings (SSSR count). The van der Waals surface area contributed by atoms with Crippen molar-refractivity contribution in [3.63, 3.8) is 0 Å². The van der Waals surface area contributed by atoms with Crippen LogP contribution in [-0.4, -0.2) is 5.97 Å². The van der Waals surface area contributed by atoms with Crippen molar-refractivity contribution < 1.29 is 39.5 Å². The first-order valence-electron chi connectivity index (χ1n) is 1.20. The summed E-state index contributed by atoms with van der Waals surface area (Å²) in [6, 6.07) is 0. The van der Waals surface area contributed by atoms with Crippen molar-refractivity contribution in [2.24, 2.45) is 0 Å². The zero-order valence-electron chi connectivity index (χ0n) is 3.90. The molecule has 7 heavy (non-hydrogen) atoms. The van der Waals surface area contributed by atoms with Gasteiger partial charge in [0.25, 0.3) is 0 Å². The molecule has 0 aliphatic rings. The maximum Gasteiger partial charge on any atom is 1.00 e. The number of carboxylic acid groups (broad SMARTS) is 1. The molecular weight excluding hydrogens is 218 g/mol. The average Bonchev–Trinajstić information content (AvgIpc) is 1.36. The summed E-state index contributed by atoms with van der Waals surface area (Å²) in [5, 5.41) is 9.48. The van der Waals surface area contributed by atoms with Crippen LogP contribution in [0.2, 0.25) is 0 Å². The molecule has 2 nitrogen and oxygen atoms in total. The van der Waals surface area contributed by atoms with Gasteiger partial charge in [0.2, 0.25) is 0 Å². The molecule has 0 aliphatic heterocycles. The smallest absolute Gasteiger partial charge is 0.544 e. The molecule has 0 unspecified atom stereocenters. The Labute approximate surface area is 77.4 Å². The molecule has 0 aromatic rings. The number of rotatable bonds is 1. The van der Waals surface area contributed by atoms with E-state index in [9.17, 15) is 9.90 Å². The first kappa shape index (κ1) is 10.8. The van der Waals surface area contributed by atoms with Gasteiger partial charge in [0.05, 0.1) is 5.97 Å². The van der Waals surface area contributed by atoms with Gasteiger partial charge >= 0.3 is 29.6 Å². The molecular formula is C3H2INaO2. The molecule has 34 valence electrons. The third-order valence-electron chi connectivity index (χ3n) is 0.221. The molecule has 0 heterocycles. The largest absolute Gasteiger partial charge is 1.00 e. The van der Waals surface area contributed by atoms with E-state index in [-0.39, 0.29) is 33.1 Å². The third kappa shape index (κ3) is 6.94. The van der Waals surface area contributed by atoms with Gasteiger partial charge in [-0.15, -0.1) is 0 Å². The van der Waals surface area contributed by atoms with E-state index < -0.39 is 5.97 Å². The van der Waals surface area contributed by atoms with Crippen LogP contribution in [0.4, 0.5) is 0 Å². The summed E-state index contributed by atoms with van der Waals surface area (Å²) in [6.45, 7) is 3.08. The number of hydrogen-bond donors (Lipinski definition) is 0. The Morgan fingerprint density at radius 1 is 1.71 bits per heavy atom. The van der Waals surface area contributed by atoms with Crippen LogP contribution in [0.25, 0.3) is 0 Å². The summed E-state index contributed by atoms with van der Waals surface area (Å²) in [5.74, 6) is -1.20. The van der Waals surface area contributed by atoms with Gasteiger partial charge in [-0.25, -0.2) is 0 Å². The quantitative estimate of drug-likeness (QED) is 0.263. The summed E-state index contributed by atoms with van der Waals surface area (Å²) in [7, 11) is 0. The fourth-order valence-corrected chi connectivity index (χ4v) is 0. The molecule has 0 aliphatic carbocycles. The molecule has 0 spiro atoms. The fraction of sp³-hybridized carbons (Fsp3) is 0. The van der Waals surface area contributed by atoms with E-state index in [0.29, 0.717) is 0 Å². The van der Waals surface area contributed by atoms with Gasteiger partial charge in [-0.2, -0.15) is 0 Å². The number of aliphatic carboxylic acids is 1. The van der Waals surface area contributed by atoms with Crippen molar-refractivity contribution in [3.05, 3.63) is 10.2 Å². The predicted molar refractivity (Wildman–Crippen MR) is 28.2 cm³/mol. The van der Waals surface area contributed by atoms with E-state index in [2.05, 4.69) is 6.58 Å². The zero-order chi connectivity index (χ0) is 5.15. The van der Waals surface area contributed by atoms with E-state index in [1.54, 1.807) is 22.6 Å². The number of carbonyl (C=O) groups excluding carboxylic acids is 1. The van der Waals surface area contributed by atoms with Crippen LogP contribution in [0.3, 0.4) is 0 Å². The molecule has 0 atom stereocenters. The summed E-state index contributed by atoms with van der Waals surface area (Å²) >= 11 is 1.58. The summed E-state index contributed by atoms with van der Waals surface area (Å²) < 4.78 is 0.0348. The van der Waals surface area contributed by atoms with Gasteiger partial charge in [0.15, 0.2) is 0 Å². The van der Waals surface area contributed by atoms with E-state index in [0.717, 1.165) is 0 Å². The molecule has 0 N–H and O–H groups in total. The van der Waals surface area contributed by atoms with Crippen molar-refractivity contribution in [2.75, 3.05) is 0 Å². The second kappa shape index (κ2) is 5.08. The minimum absolute atomic E-state index is 0. The van der Waals surface area contributed by atoms with Gasteiger partial charge in [-0.3, -0.25) is 0 Å². The van der Waals surface area contributed by atoms with Crippen LogP contribution in [0.5, 0.6) is 0 Å². The second-order valence-electron chi connectivity index (χ2n) is 0.692. The number of halogens is 1. The number of carbonyl (C=O) groups is 1. The molecule has 0 aromatic heterocycles. The maximum atomic E-state index is 9.48. The Kier molecular flexibility index (Phi) is 7.87. The van der Waals surface area contributed by atoms with Crippen LogP contribution in [0, 0.1) is 0 Å². The van der Waals surface area contributed by atoms with E-state index in [1.165, 1.54) is 0 Å². The van der Waals surface area contributed by atoms with Crippen LogP contribution < -0.4 is 34.7 Å². The van der Waals surface area contributed by atoms with E-state index >= 15 is 0 Å². The Morgan fingerprint density at radius 3 is 1.86 bits per heavy atom. The number of hydrogen-bond acceptors (Lipinski definition) is 2. The molecule has 0 saturated carbocycles. The molecule has 0 amide bonds. The number of carboxylic acids is 1. The minimum atomic E-state index is -1.20. The fourth-order valence-electron chi connectivity index (χ4n) is 0. The van der Waals surface area contributed by atoms with Crippen molar-refractivity contribution >= 4 is 28.6 Å². The van der Waals surface area contributed by atoms with Crippen molar-refractivity contribution in [2.45, 2.75) is 0 Å². The maximum absolute atomic E-state index is 9.48. The van der Waals surface area contributed by atoms with Gasteiger partial charge in [-0.1, -0.05) is 6.58 Å². The Hall–Kier alpha value is 0.940. The first-order chi connectivity index (χ1) is 2.64. The van der Waals surface area contributed by atoms with Crippen molar-refractivity contribution in [1.29, 1.82) is 0 Å². The van der Waals surface area contributed by atoms with Crippen molar-refractivity contribution in [1.82, 2.24) is 0 Å².